The van der Waals surface area contributed by atoms with Crippen LogP contribution >= 0.6 is 0 Å². The highest BCUT2D eigenvalue weighted by molar-refractivity contribution is 6.23. The molecule has 7 nitrogen and oxygen atoms in total. The van der Waals surface area contributed by atoms with Crippen LogP contribution in [0, 0.1) is 51.4 Å². The van der Waals surface area contributed by atoms with Gasteiger partial charge in [-0.25, -0.2) is 18.2 Å². The first-order valence-electron chi connectivity index (χ1n) is 15.2. The fourth-order valence-corrected chi connectivity index (χ4v) is 6.24. The second-order valence-corrected chi connectivity index (χ2v) is 11.4. The van der Waals surface area contributed by atoms with Crippen LogP contribution in [0.25, 0.3) is 71.9 Å². The maximum atomic E-state index is 15.3. The molecule has 50 heavy (non-hydrogen) atoms. The molecule has 0 atom stereocenters. The molecule has 6 aromatic carbocycles. The van der Waals surface area contributed by atoms with Crippen molar-refractivity contribution in [3.8, 4) is 57.4 Å². The summed E-state index contributed by atoms with van der Waals surface area (Å²) >= 11 is 0. The Kier molecular flexibility index (Phi) is 7.03. The van der Waals surface area contributed by atoms with Gasteiger partial charge in [0.1, 0.15) is 34.3 Å². The van der Waals surface area contributed by atoms with Gasteiger partial charge >= 0.3 is 0 Å². The third-order valence-electron chi connectivity index (χ3n) is 8.62. The quantitative estimate of drug-likeness (QED) is 0.175. The molecule has 0 aliphatic heterocycles. The maximum Gasteiger partial charge on any atom is 0.164 e. The van der Waals surface area contributed by atoms with Crippen LogP contribution in [0.1, 0.15) is 16.7 Å². The third-order valence-corrected chi connectivity index (χ3v) is 8.62. The molecule has 0 aliphatic rings. The summed E-state index contributed by atoms with van der Waals surface area (Å²) in [7, 11) is 0. The smallest absolute Gasteiger partial charge is 0.164 e. The van der Waals surface area contributed by atoms with Crippen LogP contribution in [0.4, 0.5) is 13.2 Å². The first-order valence-corrected chi connectivity index (χ1v) is 15.2. The molecule has 10 heteroatoms. The molecule has 2 aromatic heterocycles. The zero-order chi connectivity index (χ0) is 34.5. The van der Waals surface area contributed by atoms with Gasteiger partial charge in [0.25, 0.3) is 0 Å². The highest BCUT2D eigenvalue weighted by Gasteiger charge is 2.26. The van der Waals surface area contributed by atoms with Crippen molar-refractivity contribution in [3.05, 3.63) is 143 Å². The highest BCUT2D eigenvalue weighted by atomic mass is 19.1. The molecule has 0 unspecified atom stereocenters. The number of benzene rings is 6. The first kappa shape index (κ1) is 30.0. The molecule has 0 N–H and O–H groups in total. The van der Waals surface area contributed by atoms with Crippen molar-refractivity contribution in [2.75, 3.05) is 0 Å². The van der Waals surface area contributed by atoms with E-state index in [9.17, 15) is 20.2 Å². The van der Waals surface area contributed by atoms with Gasteiger partial charge in [-0.1, -0.05) is 72.8 Å². The topological polar surface area (TPSA) is 115 Å². The van der Waals surface area contributed by atoms with Crippen LogP contribution in [0.2, 0.25) is 0 Å². The Hall–Kier alpha value is -7.35. The van der Waals surface area contributed by atoms with E-state index < -0.39 is 34.1 Å². The minimum absolute atomic E-state index is 0.00770. The van der Waals surface area contributed by atoms with E-state index >= 15 is 8.78 Å². The molecule has 0 radical (unpaired) electrons. The number of hydrogen-bond acceptors (Lipinski definition) is 6. The molecule has 0 spiro atoms. The van der Waals surface area contributed by atoms with Crippen LogP contribution in [0.15, 0.2) is 109 Å². The molecular weight excluding hydrogens is 635 g/mol. The van der Waals surface area contributed by atoms with Crippen molar-refractivity contribution < 1.29 is 13.2 Å². The highest BCUT2D eigenvalue weighted by Crippen LogP contribution is 2.41. The minimum Gasteiger partial charge on any atom is -0.247 e. The van der Waals surface area contributed by atoms with Crippen molar-refractivity contribution >= 4 is 32.7 Å². The number of para-hydroxylation sites is 2. The first-order chi connectivity index (χ1) is 24.4. The largest absolute Gasteiger partial charge is 0.247 e. The van der Waals surface area contributed by atoms with Crippen LogP contribution < -0.4 is 0 Å². The fraction of sp³-hybridized carbons (Fsp3) is 0. The van der Waals surface area contributed by atoms with Crippen molar-refractivity contribution in [1.82, 2.24) is 20.0 Å². The minimum atomic E-state index is -1.54. The number of rotatable bonds is 4. The number of hydrogen-bond donors (Lipinski definition) is 0. The third kappa shape index (κ3) is 4.62. The molecular formula is C40H18F3N7. The lowest BCUT2D eigenvalue weighted by Crippen LogP contribution is -2.03. The van der Waals surface area contributed by atoms with Crippen LogP contribution in [-0.4, -0.2) is 20.0 Å². The molecule has 0 bridgehead atoms. The molecule has 234 valence electrons. The fourth-order valence-electron chi connectivity index (χ4n) is 6.24. The average molecular weight is 654 g/mol. The Bertz CT molecular complexity index is 2770. The second-order valence-electron chi connectivity index (χ2n) is 11.4. The Labute approximate surface area is 281 Å². The summed E-state index contributed by atoms with van der Waals surface area (Å²) in [5, 5.41) is 40.4. The summed E-state index contributed by atoms with van der Waals surface area (Å²) < 4.78 is 45.0. The number of fused-ring (bicyclic) bond motifs is 5. The van der Waals surface area contributed by atoms with E-state index in [1.54, 1.807) is 29.1 Å². The van der Waals surface area contributed by atoms with Gasteiger partial charge in [0.05, 0.1) is 34.1 Å². The number of pyridine rings is 1. The SMILES string of the molecule is N#Cc1ccc(-c2cc3c(-c4ccc(-c5c(F)c(C#N)c(F)c(C#N)c5F)cc4)nc4ccccc4c3c3nn(-c4ccccc4)nc23)cc1. The maximum absolute atomic E-state index is 15.3. The van der Waals surface area contributed by atoms with Crippen molar-refractivity contribution in [2.24, 2.45) is 0 Å². The van der Waals surface area contributed by atoms with Gasteiger partial charge in [0, 0.05) is 27.3 Å². The van der Waals surface area contributed by atoms with Gasteiger partial charge < -0.3 is 0 Å². The van der Waals surface area contributed by atoms with Crippen LogP contribution in [-0.2, 0) is 0 Å². The van der Waals surface area contributed by atoms with Gasteiger partial charge in [-0.2, -0.15) is 20.6 Å². The monoisotopic (exact) mass is 653 g/mol. The predicted octanol–water partition coefficient (Wildman–Crippen LogP) is 9.16. The standard InChI is InChI=1S/C40H18F3N7/c41-35-30(20-45)36(42)33(37(43)31(35)21-46)24-14-16-25(17-15-24)38-29-18-28(23-12-10-22(19-44)11-13-23)39-40(34(29)27-8-4-5-9-32(27)47-38)49-50(48-39)26-6-2-1-3-7-26/h1-18H. The Morgan fingerprint density at radius 3 is 1.82 bits per heavy atom. The van der Waals surface area contributed by atoms with Gasteiger partial charge in [-0.05, 0) is 47.5 Å². The van der Waals surface area contributed by atoms with Crippen LogP contribution in [0.5, 0.6) is 0 Å². The average Bonchev–Trinajstić information content (AvgIpc) is 3.61. The summed E-state index contributed by atoms with van der Waals surface area (Å²) in [6, 6.07) is 37.3. The second kappa shape index (κ2) is 11.7. The summed E-state index contributed by atoms with van der Waals surface area (Å²) in [6.07, 6.45) is 0. The van der Waals surface area contributed by atoms with Crippen molar-refractivity contribution in [3.63, 3.8) is 0 Å². The number of aromatic nitrogens is 4. The molecule has 0 amide bonds. The molecule has 0 saturated carbocycles. The van der Waals surface area contributed by atoms with E-state index in [1.807, 2.05) is 72.8 Å². The van der Waals surface area contributed by atoms with Gasteiger partial charge in [-0.3, -0.25) is 0 Å². The predicted molar refractivity (Wildman–Crippen MR) is 182 cm³/mol. The van der Waals surface area contributed by atoms with E-state index in [1.165, 1.54) is 24.3 Å². The van der Waals surface area contributed by atoms with E-state index in [-0.39, 0.29) is 5.56 Å². The van der Waals surface area contributed by atoms with E-state index in [4.69, 9.17) is 15.2 Å². The van der Waals surface area contributed by atoms with Crippen molar-refractivity contribution in [1.29, 1.82) is 15.8 Å². The van der Waals surface area contributed by atoms with Gasteiger partial charge in [0.15, 0.2) is 17.5 Å². The zero-order valence-corrected chi connectivity index (χ0v) is 25.7. The van der Waals surface area contributed by atoms with Crippen LogP contribution in [0.3, 0.4) is 0 Å². The molecule has 0 fully saturated rings. The summed E-state index contributed by atoms with van der Waals surface area (Å²) in [5.41, 5.74) is 3.14. The molecule has 8 rings (SSSR count). The summed E-state index contributed by atoms with van der Waals surface area (Å²) in [5.74, 6) is -4.32. The lowest BCUT2D eigenvalue weighted by molar-refractivity contribution is 0.539. The van der Waals surface area contributed by atoms with E-state index in [0.29, 0.717) is 33.4 Å². The normalized spacial score (nSPS) is 11.0. The summed E-state index contributed by atoms with van der Waals surface area (Å²) in [6.45, 7) is 0. The lowest BCUT2D eigenvalue weighted by atomic mass is 9.92. The van der Waals surface area contributed by atoms with Crippen molar-refractivity contribution in [2.45, 2.75) is 0 Å². The van der Waals surface area contributed by atoms with E-state index in [2.05, 4.69) is 6.07 Å². The van der Waals surface area contributed by atoms with Gasteiger partial charge in [-0.15, -0.1) is 10.2 Å². The molecule has 8 aromatic rings. The Morgan fingerprint density at radius 2 is 1.16 bits per heavy atom. The number of nitriles is 3. The number of nitrogens with zero attached hydrogens (tertiary/aromatic N) is 7. The summed E-state index contributed by atoms with van der Waals surface area (Å²) in [4.78, 5) is 6.61. The molecule has 0 saturated heterocycles. The molecule has 2 heterocycles. The van der Waals surface area contributed by atoms with Gasteiger partial charge in [0.2, 0.25) is 0 Å². The number of halogens is 3. The zero-order valence-electron chi connectivity index (χ0n) is 25.7. The van der Waals surface area contributed by atoms with E-state index in [0.717, 1.165) is 33.0 Å². The molecule has 0 aliphatic carbocycles. The Balaban J connectivity index is 1.41. The lowest BCUT2D eigenvalue weighted by Gasteiger charge is -2.14. The Morgan fingerprint density at radius 1 is 0.560 bits per heavy atom.